The first-order chi connectivity index (χ1) is 15.7. The summed E-state index contributed by atoms with van der Waals surface area (Å²) in [6.07, 6.45) is 6.84. The highest BCUT2D eigenvalue weighted by atomic mass is 19.1. The number of hydrogen-bond donors (Lipinski definition) is 1. The molecule has 3 rings (SSSR count). The van der Waals surface area contributed by atoms with E-state index in [0.717, 1.165) is 24.8 Å². The predicted octanol–water partition coefficient (Wildman–Crippen LogP) is 4.24. The Morgan fingerprint density at radius 1 is 1.30 bits per heavy atom. The Kier molecular flexibility index (Phi) is 7.89. The number of carbonyl (C=O) groups excluding carboxylic acids is 1. The lowest BCUT2D eigenvalue weighted by Gasteiger charge is -2.31. The summed E-state index contributed by atoms with van der Waals surface area (Å²) in [5.74, 6) is 0.0560. The SMILES string of the molecule is CCN(C=O)/C(CO)=N\N(C)c1cc2c(C(C)C)cn(C3CCCCC3C)c(=O)c2cc1F. The summed E-state index contributed by atoms with van der Waals surface area (Å²) in [5, 5.41) is 16.2. The first kappa shape index (κ1) is 24.9. The van der Waals surface area contributed by atoms with Gasteiger partial charge in [0.15, 0.2) is 5.84 Å². The first-order valence-corrected chi connectivity index (χ1v) is 11.8. The second-order valence-electron chi connectivity index (χ2n) is 9.22. The smallest absolute Gasteiger partial charge is 0.258 e. The summed E-state index contributed by atoms with van der Waals surface area (Å²) >= 11 is 0. The number of halogens is 1. The van der Waals surface area contributed by atoms with E-state index in [9.17, 15) is 14.7 Å². The van der Waals surface area contributed by atoms with Crippen LogP contribution < -0.4 is 10.6 Å². The minimum absolute atomic E-state index is 0.111. The highest BCUT2D eigenvalue weighted by Crippen LogP contribution is 2.35. The molecular weight excluding hydrogens is 423 g/mol. The van der Waals surface area contributed by atoms with E-state index in [0.29, 0.717) is 29.6 Å². The van der Waals surface area contributed by atoms with Crippen LogP contribution in [0.25, 0.3) is 10.8 Å². The van der Waals surface area contributed by atoms with E-state index in [4.69, 9.17) is 0 Å². The molecule has 7 nitrogen and oxygen atoms in total. The molecule has 1 aromatic carbocycles. The minimum Gasteiger partial charge on any atom is -0.388 e. The average Bonchev–Trinajstić information content (AvgIpc) is 2.79. The molecule has 1 aromatic heterocycles. The quantitative estimate of drug-likeness (QED) is 0.291. The van der Waals surface area contributed by atoms with Crippen LogP contribution in [0.1, 0.15) is 70.9 Å². The predicted molar refractivity (Wildman–Crippen MR) is 130 cm³/mol. The van der Waals surface area contributed by atoms with Crippen molar-refractivity contribution >= 4 is 28.7 Å². The summed E-state index contributed by atoms with van der Waals surface area (Å²) in [7, 11) is 1.55. The van der Waals surface area contributed by atoms with Crippen LogP contribution in [0.15, 0.2) is 28.2 Å². The van der Waals surface area contributed by atoms with Gasteiger partial charge in [-0.2, -0.15) is 5.10 Å². The standard InChI is InChI=1S/C25H35FN4O3/c1-6-29(15-32)24(14-31)27-28(5)23-12-18-19(11-21(23)26)25(33)30(13-20(18)16(2)3)22-10-8-7-9-17(22)4/h11-13,15-17,22,31H,6-10,14H2,1-5H3/b27-24-. The number of nitrogens with zero attached hydrogens (tertiary/aromatic N) is 4. The van der Waals surface area contributed by atoms with E-state index in [1.165, 1.54) is 22.4 Å². The number of amides is 1. The second kappa shape index (κ2) is 10.5. The lowest BCUT2D eigenvalue weighted by Crippen LogP contribution is -2.34. The van der Waals surface area contributed by atoms with Crippen molar-refractivity contribution in [2.45, 2.75) is 65.3 Å². The number of rotatable bonds is 7. The number of carbonyl (C=O) groups is 1. The molecule has 33 heavy (non-hydrogen) atoms. The largest absolute Gasteiger partial charge is 0.388 e. The van der Waals surface area contributed by atoms with Gasteiger partial charge in [0.1, 0.15) is 12.4 Å². The maximum Gasteiger partial charge on any atom is 0.258 e. The maximum atomic E-state index is 15.2. The molecule has 2 atom stereocenters. The van der Waals surface area contributed by atoms with Crippen molar-refractivity contribution in [1.82, 2.24) is 9.47 Å². The van der Waals surface area contributed by atoms with E-state index in [1.807, 2.05) is 10.8 Å². The molecule has 0 bridgehead atoms. The summed E-state index contributed by atoms with van der Waals surface area (Å²) in [5.41, 5.74) is 0.978. The van der Waals surface area contributed by atoms with Gasteiger partial charge in [0.2, 0.25) is 6.41 Å². The van der Waals surface area contributed by atoms with Crippen LogP contribution in [0.3, 0.4) is 0 Å². The average molecular weight is 459 g/mol. The third kappa shape index (κ3) is 4.95. The molecule has 8 heteroatoms. The number of benzene rings is 1. The van der Waals surface area contributed by atoms with Crippen LogP contribution in [0.5, 0.6) is 0 Å². The summed E-state index contributed by atoms with van der Waals surface area (Å²) in [4.78, 5) is 25.9. The Morgan fingerprint density at radius 2 is 2.00 bits per heavy atom. The molecular formula is C25H35FN4O3. The van der Waals surface area contributed by atoms with Crippen molar-refractivity contribution in [3.63, 3.8) is 0 Å². The fraction of sp³-hybridized carbons (Fsp3) is 0.560. The molecule has 1 fully saturated rings. The second-order valence-corrected chi connectivity index (χ2v) is 9.22. The number of amidine groups is 1. The molecule has 1 aliphatic rings. The van der Waals surface area contributed by atoms with Crippen LogP contribution in [0, 0.1) is 11.7 Å². The molecule has 0 radical (unpaired) electrons. The zero-order valence-electron chi connectivity index (χ0n) is 20.2. The topological polar surface area (TPSA) is 78.1 Å². The van der Waals surface area contributed by atoms with Gasteiger partial charge in [-0.05, 0) is 54.7 Å². The Labute approximate surface area is 194 Å². The van der Waals surface area contributed by atoms with Crippen LogP contribution in [-0.4, -0.2) is 47.0 Å². The number of aliphatic hydroxyl groups is 1. The summed E-state index contributed by atoms with van der Waals surface area (Å²) in [6.45, 7) is 7.92. The van der Waals surface area contributed by atoms with Gasteiger partial charge in [-0.3, -0.25) is 19.5 Å². The van der Waals surface area contributed by atoms with E-state index in [-0.39, 0.29) is 29.0 Å². The van der Waals surface area contributed by atoms with Crippen molar-refractivity contribution < 1.29 is 14.3 Å². The summed E-state index contributed by atoms with van der Waals surface area (Å²) < 4.78 is 17.1. The third-order valence-electron chi connectivity index (χ3n) is 6.74. The Bertz CT molecular complexity index is 1100. The van der Waals surface area contributed by atoms with Crippen LogP contribution in [0.4, 0.5) is 10.1 Å². The lowest BCUT2D eigenvalue weighted by molar-refractivity contribution is -0.114. The first-order valence-electron chi connectivity index (χ1n) is 11.8. The van der Waals surface area contributed by atoms with Gasteiger partial charge in [-0.1, -0.05) is 33.6 Å². The molecule has 2 aromatic rings. The molecule has 1 aliphatic carbocycles. The zero-order chi connectivity index (χ0) is 24.3. The van der Waals surface area contributed by atoms with Crippen LogP contribution in [0.2, 0.25) is 0 Å². The number of hydrogen-bond acceptors (Lipinski definition) is 5. The lowest BCUT2D eigenvalue weighted by atomic mass is 9.85. The third-order valence-corrected chi connectivity index (χ3v) is 6.74. The number of likely N-dealkylation sites (N-methyl/N-ethyl adjacent to an activating group) is 1. The van der Waals surface area contributed by atoms with Gasteiger partial charge in [0, 0.05) is 25.8 Å². The van der Waals surface area contributed by atoms with Gasteiger partial charge in [-0.25, -0.2) is 4.39 Å². The molecule has 1 amide bonds. The molecule has 0 spiro atoms. The number of aliphatic hydroxyl groups excluding tert-OH is 1. The van der Waals surface area contributed by atoms with E-state index < -0.39 is 12.4 Å². The highest BCUT2D eigenvalue weighted by Gasteiger charge is 2.26. The fourth-order valence-electron chi connectivity index (χ4n) is 4.78. The number of fused-ring (bicyclic) bond motifs is 1. The summed E-state index contributed by atoms with van der Waals surface area (Å²) in [6, 6.07) is 3.06. The van der Waals surface area contributed by atoms with Crippen molar-refractivity contribution in [2.75, 3.05) is 25.2 Å². The van der Waals surface area contributed by atoms with Gasteiger partial charge in [-0.15, -0.1) is 0 Å². The van der Waals surface area contributed by atoms with E-state index >= 15 is 4.39 Å². The maximum absolute atomic E-state index is 15.2. The van der Waals surface area contributed by atoms with E-state index in [2.05, 4.69) is 25.9 Å². The van der Waals surface area contributed by atoms with Crippen molar-refractivity contribution in [3.8, 4) is 0 Å². The molecule has 1 N–H and O–H groups in total. The number of pyridine rings is 1. The number of anilines is 1. The Hall–Kier alpha value is -2.74. The highest BCUT2D eigenvalue weighted by molar-refractivity contribution is 5.93. The Balaban J connectivity index is 2.17. The minimum atomic E-state index is -0.582. The van der Waals surface area contributed by atoms with Crippen molar-refractivity contribution in [2.24, 2.45) is 11.0 Å². The molecule has 1 heterocycles. The van der Waals surface area contributed by atoms with Crippen LogP contribution >= 0.6 is 0 Å². The normalized spacial score (nSPS) is 19.2. The number of aromatic nitrogens is 1. The number of hydrazone groups is 1. The zero-order valence-corrected chi connectivity index (χ0v) is 20.2. The molecule has 180 valence electrons. The molecule has 2 unspecified atom stereocenters. The Morgan fingerprint density at radius 3 is 2.58 bits per heavy atom. The monoisotopic (exact) mass is 458 g/mol. The van der Waals surface area contributed by atoms with Gasteiger partial charge < -0.3 is 9.67 Å². The van der Waals surface area contributed by atoms with Crippen molar-refractivity contribution in [3.05, 3.63) is 40.1 Å². The van der Waals surface area contributed by atoms with E-state index in [1.54, 1.807) is 20.0 Å². The van der Waals surface area contributed by atoms with Crippen LogP contribution in [-0.2, 0) is 4.79 Å². The van der Waals surface area contributed by atoms with Gasteiger partial charge in [0.25, 0.3) is 5.56 Å². The van der Waals surface area contributed by atoms with Gasteiger partial charge in [0.05, 0.1) is 11.1 Å². The van der Waals surface area contributed by atoms with Gasteiger partial charge >= 0.3 is 0 Å². The molecule has 1 saturated carbocycles. The fourth-order valence-corrected chi connectivity index (χ4v) is 4.78. The molecule has 0 saturated heterocycles. The van der Waals surface area contributed by atoms with Crippen molar-refractivity contribution in [1.29, 1.82) is 0 Å². The molecule has 0 aliphatic heterocycles.